The van der Waals surface area contributed by atoms with Crippen LogP contribution in [-0.4, -0.2) is 87.4 Å². The van der Waals surface area contributed by atoms with Crippen molar-refractivity contribution in [3.05, 3.63) is 36.5 Å². The molecule has 0 aliphatic rings. The Bertz CT molecular complexity index is 1420. The highest BCUT2D eigenvalue weighted by atomic mass is 16.7. The lowest BCUT2D eigenvalue weighted by molar-refractivity contribution is -0.870. The predicted molar refractivity (Wildman–Crippen MR) is 346 cm³/mol. The molecule has 0 heterocycles. The molecule has 0 aliphatic carbocycles. The van der Waals surface area contributed by atoms with Crippen molar-refractivity contribution in [3.8, 4) is 0 Å². The van der Waals surface area contributed by atoms with Crippen molar-refractivity contribution in [2.45, 2.75) is 360 Å². The molecule has 81 heavy (non-hydrogen) atoms. The number of allylic oxidation sites excluding steroid dienone is 6. The van der Waals surface area contributed by atoms with Gasteiger partial charge in [0.1, 0.15) is 13.2 Å². The van der Waals surface area contributed by atoms with E-state index in [1.165, 1.54) is 270 Å². The van der Waals surface area contributed by atoms with E-state index >= 15 is 0 Å². The van der Waals surface area contributed by atoms with Crippen LogP contribution in [0.3, 0.4) is 0 Å². The second kappa shape index (κ2) is 63.5. The van der Waals surface area contributed by atoms with Crippen molar-refractivity contribution in [3.63, 3.8) is 0 Å². The molecule has 0 amide bonds. The van der Waals surface area contributed by atoms with Crippen LogP contribution in [0.4, 0.5) is 0 Å². The first kappa shape index (κ1) is 78.5. The minimum Gasteiger partial charge on any atom is -0.477 e. The number of carbonyl (C=O) groups excluding carboxylic acids is 2. The first-order chi connectivity index (χ1) is 39.6. The molecule has 0 aromatic heterocycles. The quantitative estimate of drug-likeness (QED) is 0.0211. The smallest absolute Gasteiger partial charge is 0.361 e. The van der Waals surface area contributed by atoms with Gasteiger partial charge in [-0.05, 0) is 51.4 Å². The third kappa shape index (κ3) is 64.9. The fraction of sp³-hybridized carbons (Fsp3) is 0.875. The van der Waals surface area contributed by atoms with E-state index in [9.17, 15) is 19.5 Å². The fourth-order valence-electron chi connectivity index (χ4n) is 10.5. The number of rotatable bonds is 66. The summed E-state index contributed by atoms with van der Waals surface area (Å²) in [4.78, 5) is 37.6. The average molecular weight is 1140 g/mol. The Hall–Kier alpha value is -2.49. The molecule has 2 unspecified atom stereocenters. The molecule has 0 saturated heterocycles. The third-order valence-electron chi connectivity index (χ3n) is 15.9. The number of nitrogens with zero attached hydrogens (tertiary/aromatic N) is 1. The molecule has 9 heteroatoms. The summed E-state index contributed by atoms with van der Waals surface area (Å²) in [7, 11) is 5.99. The Balaban J connectivity index is 4.08. The van der Waals surface area contributed by atoms with Crippen LogP contribution in [0.5, 0.6) is 0 Å². The predicted octanol–water partition coefficient (Wildman–Crippen LogP) is 21.6. The molecule has 9 nitrogen and oxygen atoms in total. The molecular formula is C72H136NO8+. The number of aliphatic carboxylic acids is 1. The number of hydrogen-bond acceptors (Lipinski definition) is 7. The van der Waals surface area contributed by atoms with E-state index in [0.717, 1.165) is 51.4 Å². The first-order valence-electron chi connectivity index (χ1n) is 35.2. The summed E-state index contributed by atoms with van der Waals surface area (Å²) in [5.74, 6) is -1.98. The number of unbranched alkanes of at least 4 members (excludes halogenated alkanes) is 45. The van der Waals surface area contributed by atoms with Gasteiger partial charge in [-0.3, -0.25) is 9.59 Å². The fourth-order valence-corrected chi connectivity index (χ4v) is 10.5. The molecule has 476 valence electrons. The van der Waals surface area contributed by atoms with E-state index in [1.807, 2.05) is 21.1 Å². The zero-order valence-electron chi connectivity index (χ0n) is 54.5. The highest BCUT2D eigenvalue weighted by molar-refractivity contribution is 5.71. The summed E-state index contributed by atoms with van der Waals surface area (Å²) in [5.41, 5.74) is 0. The minimum atomic E-state index is -1.51. The number of carboxylic acid groups (broad SMARTS) is 1. The van der Waals surface area contributed by atoms with Crippen LogP contribution in [0.25, 0.3) is 0 Å². The topological polar surface area (TPSA) is 108 Å². The van der Waals surface area contributed by atoms with E-state index in [2.05, 4.69) is 50.3 Å². The van der Waals surface area contributed by atoms with E-state index in [4.69, 9.17) is 18.9 Å². The van der Waals surface area contributed by atoms with E-state index < -0.39 is 18.4 Å². The van der Waals surface area contributed by atoms with Gasteiger partial charge in [0.25, 0.3) is 6.29 Å². The normalized spacial score (nSPS) is 12.9. The van der Waals surface area contributed by atoms with Gasteiger partial charge in [0.2, 0.25) is 0 Å². The summed E-state index contributed by atoms with van der Waals surface area (Å²) in [5, 5.41) is 9.74. The number of carbonyl (C=O) groups is 3. The van der Waals surface area contributed by atoms with E-state index in [-0.39, 0.29) is 38.2 Å². The molecule has 0 radical (unpaired) electrons. The summed E-state index contributed by atoms with van der Waals surface area (Å²) in [6.45, 7) is 4.93. The molecule has 0 aromatic carbocycles. The standard InChI is InChI=1S/C72H135NO8/c1-6-8-10-12-14-16-18-20-22-24-26-28-30-32-34-35-37-38-40-42-44-46-48-50-52-54-56-58-60-62-69(74)79-66-68(67-80-72(71(76)77)78-65-64-73(3,4)5)81-70(75)63-61-59-57-55-53-51-49-47-45-43-41-39-36-33-31-29-27-25-23-21-19-17-15-13-11-9-7-2/h19,21,25,27,31,33,68,72H,6-18,20,22-24,26,28-30,32,34-67H2,1-5H3/p+1/b21-19-,27-25-,33-31-. The number of carboxylic acids is 1. The van der Waals surface area contributed by atoms with Crippen LogP contribution in [0.2, 0.25) is 0 Å². The van der Waals surface area contributed by atoms with Gasteiger partial charge in [0, 0.05) is 12.8 Å². The van der Waals surface area contributed by atoms with E-state index in [1.54, 1.807) is 0 Å². The van der Waals surface area contributed by atoms with Gasteiger partial charge >= 0.3 is 17.9 Å². The summed E-state index contributed by atoms with van der Waals surface area (Å²) in [6.07, 6.45) is 76.9. The second-order valence-corrected chi connectivity index (χ2v) is 25.2. The van der Waals surface area contributed by atoms with Crippen molar-refractivity contribution in [1.29, 1.82) is 0 Å². The molecule has 2 atom stereocenters. The Morgan fingerprint density at radius 2 is 0.667 bits per heavy atom. The SMILES string of the molecule is CCCCCCC/C=C\C/C=C\C/C=C\CCCCCCCCCCCCCCC(=O)OC(COC(=O)CCCCCCCCCCCCCCCCCCCCCCCCCCCCCCC)COC(OCC[N+](C)(C)C)C(=O)O. The summed E-state index contributed by atoms with van der Waals surface area (Å²) >= 11 is 0. The van der Waals surface area contributed by atoms with Gasteiger partial charge in [-0.1, -0.05) is 320 Å². The maximum absolute atomic E-state index is 12.9. The monoisotopic (exact) mass is 1140 g/mol. The molecule has 0 fully saturated rings. The Labute approximate surface area is 502 Å². The van der Waals surface area contributed by atoms with Gasteiger partial charge in [0.05, 0.1) is 34.4 Å². The summed E-state index contributed by atoms with van der Waals surface area (Å²) in [6, 6.07) is 0. The van der Waals surface area contributed by atoms with Gasteiger partial charge < -0.3 is 28.5 Å². The minimum absolute atomic E-state index is 0.178. The third-order valence-corrected chi connectivity index (χ3v) is 15.9. The molecule has 0 rings (SSSR count). The zero-order chi connectivity index (χ0) is 59.1. The van der Waals surface area contributed by atoms with Crippen molar-refractivity contribution < 1.29 is 42.9 Å². The second-order valence-electron chi connectivity index (χ2n) is 25.2. The van der Waals surface area contributed by atoms with Gasteiger partial charge in [-0.2, -0.15) is 0 Å². The average Bonchev–Trinajstić information content (AvgIpc) is 3.44. The lowest BCUT2D eigenvalue weighted by atomic mass is 10.0. The van der Waals surface area contributed by atoms with Crippen molar-refractivity contribution >= 4 is 17.9 Å². The maximum atomic E-state index is 12.9. The first-order valence-corrected chi connectivity index (χ1v) is 35.2. The van der Waals surface area contributed by atoms with Crippen LogP contribution in [0.1, 0.15) is 348 Å². The van der Waals surface area contributed by atoms with Gasteiger partial charge in [-0.15, -0.1) is 0 Å². The summed E-state index contributed by atoms with van der Waals surface area (Å²) < 4.78 is 23.0. The van der Waals surface area contributed by atoms with E-state index in [0.29, 0.717) is 17.4 Å². The number of ether oxygens (including phenoxy) is 4. The number of quaternary nitrogens is 1. The number of likely N-dealkylation sites (N-methyl/N-ethyl adjacent to an activating group) is 1. The number of esters is 2. The Morgan fingerprint density at radius 1 is 0.370 bits per heavy atom. The zero-order valence-corrected chi connectivity index (χ0v) is 54.5. The van der Waals surface area contributed by atoms with Crippen LogP contribution >= 0.6 is 0 Å². The van der Waals surface area contributed by atoms with Crippen LogP contribution in [0, 0.1) is 0 Å². The van der Waals surface area contributed by atoms with Crippen molar-refractivity contribution in [1.82, 2.24) is 0 Å². The molecule has 0 spiro atoms. The largest absolute Gasteiger partial charge is 0.477 e. The highest BCUT2D eigenvalue weighted by Gasteiger charge is 2.25. The molecule has 0 aliphatic heterocycles. The Morgan fingerprint density at radius 3 is 0.988 bits per heavy atom. The van der Waals surface area contributed by atoms with Gasteiger partial charge in [0.15, 0.2) is 6.10 Å². The molecular weight excluding hydrogens is 1010 g/mol. The molecule has 1 N–H and O–H groups in total. The number of hydrogen-bond donors (Lipinski definition) is 1. The van der Waals surface area contributed by atoms with Crippen LogP contribution in [-0.2, 0) is 33.3 Å². The van der Waals surface area contributed by atoms with Gasteiger partial charge in [-0.25, -0.2) is 4.79 Å². The lowest BCUT2D eigenvalue weighted by Gasteiger charge is -2.25. The van der Waals surface area contributed by atoms with Crippen molar-refractivity contribution in [2.75, 3.05) is 47.5 Å². The van der Waals surface area contributed by atoms with Crippen LogP contribution in [0.15, 0.2) is 36.5 Å². The van der Waals surface area contributed by atoms with Crippen LogP contribution < -0.4 is 0 Å². The maximum Gasteiger partial charge on any atom is 0.361 e. The molecule has 0 saturated carbocycles. The highest BCUT2D eigenvalue weighted by Crippen LogP contribution is 2.19. The molecule has 0 bridgehead atoms. The van der Waals surface area contributed by atoms with Crippen molar-refractivity contribution in [2.24, 2.45) is 0 Å². The molecule has 0 aromatic rings. The lowest BCUT2D eigenvalue weighted by Crippen LogP contribution is -2.40. The Kier molecular flexibility index (Phi) is 61.6.